The molecule has 0 rings (SSSR count). The van der Waals surface area contributed by atoms with Gasteiger partial charge in [0, 0.05) is 13.5 Å². The summed E-state index contributed by atoms with van der Waals surface area (Å²) in [5.74, 6) is -0.492. The van der Waals surface area contributed by atoms with Gasteiger partial charge in [-0.05, 0) is 32.1 Å². The third-order valence-corrected chi connectivity index (χ3v) is 6.86. The second-order valence-electron chi connectivity index (χ2n) is 10.9. The van der Waals surface area contributed by atoms with Gasteiger partial charge < -0.3 is 18.9 Å². The van der Waals surface area contributed by atoms with Gasteiger partial charge >= 0.3 is 13.8 Å². The zero-order valence-electron chi connectivity index (χ0n) is 24.5. The quantitative estimate of drug-likeness (QED) is 0.0416. The van der Waals surface area contributed by atoms with Crippen molar-refractivity contribution in [1.82, 2.24) is 0 Å². The fraction of sp³-hybridized carbons (Fsp3) is 0.893. The van der Waals surface area contributed by atoms with E-state index in [0.29, 0.717) is 17.6 Å². The molecule has 0 aromatic heterocycles. The van der Waals surface area contributed by atoms with E-state index in [4.69, 9.17) is 18.5 Å². The smallest absolute Gasteiger partial charge is 0.458 e. The molecule has 0 aromatic rings. The Kier molecular flexibility index (Phi) is 22.7. The number of unbranched alkanes of at least 4 members (excludes halogenated alkanes) is 12. The lowest BCUT2D eigenvalue weighted by Gasteiger charge is -2.24. The summed E-state index contributed by atoms with van der Waals surface area (Å²) in [5, 5.41) is 0. The van der Waals surface area contributed by atoms with Gasteiger partial charge in [-0.3, -0.25) is 13.8 Å². The number of allylic oxidation sites excluding steroid dienone is 2. The molecule has 0 aliphatic carbocycles. The van der Waals surface area contributed by atoms with Gasteiger partial charge in [-0.25, -0.2) is 4.57 Å². The van der Waals surface area contributed by atoms with Crippen LogP contribution in [-0.4, -0.2) is 75.6 Å². The Labute approximate surface area is 227 Å². The number of rotatable bonds is 26. The number of phosphoric acid groups is 1. The Morgan fingerprint density at radius 1 is 0.811 bits per heavy atom. The highest BCUT2D eigenvalue weighted by molar-refractivity contribution is 7.47. The van der Waals surface area contributed by atoms with Crippen LogP contribution in [0.1, 0.15) is 104 Å². The van der Waals surface area contributed by atoms with Crippen LogP contribution in [-0.2, 0) is 27.9 Å². The molecule has 2 unspecified atom stereocenters. The number of esters is 1. The SMILES string of the molecule is CCCCCCCCC=CCCCCCCCCOCC(COP(=O)(O)OCC[N+](C)(C)C)OC(C)=O. The van der Waals surface area contributed by atoms with Crippen molar-refractivity contribution in [3.8, 4) is 0 Å². The van der Waals surface area contributed by atoms with Crippen LogP contribution in [0, 0.1) is 0 Å². The van der Waals surface area contributed by atoms with Crippen LogP contribution in [0.5, 0.6) is 0 Å². The molecule has 0 saturated heterocycles. The fourth-order valence-corrected chi connectivity index (χ4v) is 4.40. The molecular formula is C28H57NO7P+. The molecule has 220 valence electrons. The minimum Gasteiger partial charge on any atom is -0.458 e. The number of phosphoric ester groups is 1. The van der Waals surface area contributed by atoms with Gasteiger partial charge in [0.2, 0.25) is 0 Å². The lowest BCUT2D eigenvalue weighted by atomic mass is 10.1. The van der Waals surface area contributed by atoms with E-state index in [0.717, 1.165) is 12.8 Å². The first-order valence-corrected chi connectivity index (χ1v) is 15.9. The predicted molar refractivity (Wildman–Crippen MR) is 150 cm³/mol. The number of carbonyl (C=O) groups is 1. The number of likely N-dealkylation sites (N-methyl/N-ethyl adjacent to an activating group) is 1. The van der Waals surface area contributed by atoms with Crippen molar-refractivity contribution in [2.45, 2.75) is 110 Å². The van der Waals surface area contributed by atoms with E-state index in [9.17, 15) is 14.3 Å². The molecule has 8 nitrogen and oxygen atoms in total. The topological polar surface area (TPSA) is 91.3 Å². The van der Waals surface area contributed by atoms with Crippen molar-refractivity contribution in [3.05, 3.63) is 12.2 Å². The summed E-state index contributed by atoms with van der Waals surface area (Å²) in [7, 11) is 1.65. The third kappa shape index (κ3) is 28.1. The number of ether oxygens (including phenoxy) is 2. The van der Waals surface area contributed by atoms with Gasteiger partial charge in [-0.15, -0.1) is 0 Å². The van der Waals surface area contributed by atoms with Gasteiger partial charge in [0.25, 0.3) is 0 Å². The van der Waals surface area contributed by atoms with E-state index >= 15 is 0 Å². The summed E-state index contributed by atoms with van der Waals surface area (Å²) in [4.78, 5) is 21.2. The maximum atomic E-state index is 12.1. The minimum absolute atomic E-state index is 0.0853. The summed E-state index contributed by atoms with van der Waals surface area (Å²) in [6.45, 7) is 4.59. The van der Waals surface area contributed by atoms with E-state index in [2.05, 4.69) is 19.1 Å². The Morgan fingerprint density at radius 3 is 1.89 bits per heavy atom. The zero-order valence-corrected chi connectivity index (χ0v) is 25.4. The molecular weight excluding hydrogens is 493 g/mol. The minimum atomic E-state index is -4.22. The average molecular weight is 551 g/mol. The zero-order chi connectivity index (χ0) is 27.8. The highest BCUT2D eigenvalue weighted by Gasteiger charge is 2.25. The number of nitrogens with zero attached hydrogens (tertiary/aromatic N) is 1. The molecule has 0 aliphatic rings. The Balaban J connectivity index is 3.77. The van der Waals surface area contributed by atoms with Gasteiger partial charge in [0.15, 0.2) is 0 Å². The van der Waals surface area contributed by atoms with Gasteiger partial charge in [0.05, 0.1) is 34.4 Å². The van der Waals surface area contributed by atoms with Crippen LogP contribution in [0.25, 0.3) is 0 Å². The molecule has 9 heteroatoms. The number of quaternary nitrogens is 1. The Morgan fingerprint density at radius 2 is 1.35 bits per heavy atom. The van der Waals surface area contributed by atoms with Crippen LogP contribution >= 0.6 is 7.82 Å². The van der Waals surface area contributed by atoms with Crippen LogP contribution in [0.2, 0.25) is 0 Å². The lowest BCUT2D eigenvalue weighted by molar-refractivity contribution is -0.870. The van der Waals surface area contributed by atoms with Crippen molar-refractivity contribution in [1.29, 1.82) is 0 Å². The summed E-state index contributed by atoms with van der Waals surface area (Å²) in [6.07, 6.45) is 21.4. The summed E-state index contributed by atoms with van der Waals surface area (Å²) >= 11 is 0. The van der Waals surface area contributed by atoms with Gasteiger partial charge in [-0.2, -0.15) is 0 Å². The van der Waals surface area contributed by atoms with E-state index in [-0.39, 0.29) is 19.8 Å². The molecule has 0 spiro atoms. The summed E-state index contributed by atoms with van der Waals surface area (Å²) in [5.41, 5.74) is 0. The number of carbonyl (C=O) groups excluding carboxylic acids is 1. The largest absolute Gasteiger partial charge is 0.472 e. The molecule has 37 heavy (non-hydrogen) atoms. The first-order chi connectivity index (χ1) is 17.6. The monoisotopic (exact) mass is 550 g/mol. The first kappa shape index (κ1) is 36.2. The molecule has 1 N–H and O–H groups in total. The molecule has 0 heterocycles. The molecule has 0 radical (unpaired) electrons. The fourth-order valence-electron chi connectivity index (χ4n) is 3.66. The van der Waals surface area contributed by atoms with E-state index in [1.807, 2.05) is 21.1 Å². The van der Waals surface area contributed by atoms with Crippen LogP contribution in [0.4, 0.5) is 0 Å². The van der Waals surface area contributed by atoms with Gasteiger partial charge in [0.1, 0.15) is 19.3 Å². The van der Waals surface area contributed by atoms with Crippen molar-refractivity contribution < 1.29 is 37.3 Å². The standard InChI is InChI=1S/C28H56NO7P/c1-6-7-8-9-10-11-12-13-14-15-16-17-18-19-20-21-23-33-25-28(36-27(2)30)26-35-37(31,32)34-24-22-29(3,4)5/h13-14,28H,6-12,15-26H2,1-5H3/p+1. The van der Waals surface area contributed by atoms with Crippen LogP contribution in [0.15, 0.2) is 12.2 Å². The molecule has 2 atom stereocenters. The Hall–Kier alpha value is -0.760. The second-order valence-corrected chi connectivity index (χ2v) is 12.3. The highest BCUT2D eigenvalue weighted by Crippen LogP contribution is 2.43. The maximum absolute atomic E-state index is 12.1. The average Bonchev–Trinajstić information content (AvgIpc) is 2.80. The molecule has 0 amide bonds. The molecule has 0 aliphatic heterocycles. The summed E-state index contributed by atoms with van der Waals surface area (Å²) in [6, 6.07) is 0. The van der Waals surface area contributed by atoms with Crippen LogP contribution < -0.4 is 0 Å². The third-order valence-electron chi connectivity index (χ3n) is 5.88. The summed E-state index contributed by atoms with van der Waals surface area (Å²) < 4.78 is 33.4. The van der Waals surface area contributed by atoms with Crippen molar-refractivity contribution in [2.24, 2.45) is 0 Å². The lowest BCUT2D eigenvalue weighted by Crippen LogP contribution is -2.37. The molecule has 0 aromatic carbocycles. The van der Waals surface area contributed by atoms with Crippen molar-refractivity contribution >= 4 is 13.8 Å². The molecule has 0 fully saturated rings. The maximum Gasteiger partial charge on any atom is 0.472 e. The normalized spacial score (nSPS) is 14.6. The van der Waals surface area contributed by atoms with Gasteiger partial charge in [-0.1, -0.05) is 76.9 Å². The highest BCUT2D eigenvalue weighted by atomic mass is 31.2. The predicted octanol–water partition coefficient (Wildman–Crippen LogP) is 6.81. The first-order valence-electron chi connectivity index (χ1n) is 14.4. The van der Waals surface area contributed by atoms with E-state index in [1.165, 1.54) is 84.0 Å². The number of hydrogen-bond acceptors (Lipinski definition) is 6. The Bertz CT molecular complexity index is 622. The van der Waals surface area contributed by atoms with E-state index in [1.54, 1.807) is 0 Å². The van der Waals surface area contributed by atoms with Crippen molar-refractivity contribution in [2.75, 3.05) is 54.1 Å². The number of hydrogen-bond donors (Lipinski definition) is 1. The van der Waals surface area contributed by atoms with Crippen LogP contribution in [0.3, 0.4) is 0 Å². The molecule has 0 saturated carbocycles. The molecule has 0 bridgehead atoms. The second kappa shape index (κ2) is 23.2. The van der Waals surface area contributed by atoms with E-state index < -0.39 is 19.9 Å². The van der Waals surface area contributed by atoms with Crippen molar-refractivity contribution in [3.63, 3.8) is 0 Å².